The molecule has 0 atom stereocenters. The van der Waals surface area contributed by atoms with E-state index in [0.717, 1.165) is 12.2 Å². The van der Waals surface area contributed by atoms with E-state index in [9.17, 15) is 9.59 Å². The van der Waals surface area contributed by atoms with Gasteiger partial charge in [-0.25, -0.2) is 0 Å². The number of aliphatic hydroxyl groups excluding tert-OH is 1. The highest BCUT2D eigenvalue weighted by Crippen LogP contribution is 2.07. The zero-order valence-corrected chi connectivity index (χ0v) is 11.0. The minimum atomic E-state index is 0.0782. The second-order valence-corrected chi connectivity index (χ2v) is 5.12. The van der Waals surface area contributed by atoms with E-state index in [0.29, 0.717) is 31.9 Å². The van der Waals surface area contributed by atoms with Crippen molar-refractivity contribution in [2.24, 2.45) is 0 Å². The fraction of sp³-hybridized carbons (Fsp3) is 0.818. The minimum absolute atomic E-state index is 0.0782. The highest BCUT2D eigenvalue weighted by Gasteiger charge is 2.21. The van der Waals surface area contributed by atoms with Crippen molar-refractivity contribution in [3.63, 3.8) is 0 Å². The standard InChI is InChI=1S/C11H20N2O3S/c1-10(15)12-3-5-13(6-4-12)11(16)9-17-8-2-7-14/h14H,2-9H2,1H3. The Labute approximate surface area is 106 Å². The zero-order chi connectivity index (χ0) is 12.7. The van der Waals surface area contributed by atoms with Gasteiger partial charge in [0, 0.05) is 39.7 Å². The molecule has 98 valence electrons. The lowest BCUT2D eigenvalue weighted by Gasteiger charge is -2.34. The van der Waals surface area contributed by atoms with E-state index in [-0.39, 0.29) is 18.4 Å². The molecule has 6 heteroatoms. The lowest BCUT2D eigenvalue weighted by Crippen LogP contribution is -2.50. The van der Waals surface area contributed by atoms with Crippen LogP contribution in [0.15, 0.2) is 0 Å². The molecule has 0 saturated carbocycles. The third-order valence-electron chi connectivity index (χ3n) is 2.75. The molecule has 0 bridgehead atoms. The molecule has 0 radical (unpaired) electrons. The molecule has 1 heterocycles. The summed E-state index contributed by atoms with van der Waals surface area (Å²) in [4.78, 5) is 26.5. The number of carbonyl (C=O) groups excluding carboxylic acids is 2. The quantitative estimate of drug-likeness (QED) is 0.695. The van der Waals surface area contributed by atoms with Crippen molar-refractivity contribution in [1.82, 2.24) is 9.80 Å². The summed E-state index contributed by atoms with van der Waals surface area (Å²) in [6, 6.07) is 0. The molecular formula is C11H20N2O3S. The second kappa shape index (κ2) is 7.55. The van der Waals surface area contributed by atoms with E-state index in [1.165, 1.54) is 0 Å². The molecule has 0 aromatic heterocycles. The summed E-state index contributed by atoms with van der Waals surface area (Å²) in [7, 11) is 0. The summed E-state index contributed by atoms with van der Waals surface area (Å²) in [5, 5.41) is 8.62. The van der Waals surface area contributed by atoms with Crippen LogP contribution in [0.1, 0.15) is 13.3 Å². The molecule has 2 amide bonds. The summed E-state index contributed by atoms with van der Waals surface area (Å²) in [6.45, 7) is 4.30. The first-order valence-corrected chi connectivity index (χ1v) is 7.02. The van der Waals surface area contributed by atoms with Gasteiger partial charge in [-0.05, 0) is 12.2 Å². The van der Waals surface area contributed by atoms with Gasteiger partial charge in [0.15, 0.2) is 0 Å². The van der Waals surface area contributed by atoms with E-state index in [1.54, 1.807) is 23.6 Å². The molecule has 17 heavy (non-hydrogen) atoms. The van der Waals surface area contributed by atoms with Crippen molar-refractivity contribution >= 4 is 23.6 Å². The predicted octanol–water partition coefficient (Wildman–Crippen LogP) is -0.207. The molecule has 1 aliphatic rings. The molecule has 0 aromatic rings. The highest BCUT2D eigenvalue weighted by atomic mass is 32.2. The molecule has 1 rings (SSSR count). The Morgan fingerprint density at radius 3 is 2.29 bits per heavy atom. The lowest BCUT2D eigenvalue weighted by atomic mass is 10.3. The van der Waals surface area contributed by atoms with Crippen LogP contribution in [0.3, 0.4) is 0 Å². The Bertz CT molecular complexity index is 265. The number of carbonyl (C=O) groups is 2. The van der Waals surface area contributed by atoms with Gasteiger partial charge in [0.05, 0.1) is 5.75 Å². The molecule has 0 aliphatic carbocycles. The van der Waals surface area contributed by atoms with Crippen LogP contribution < -0.4 is 0 Å². The molecule has 0 unspecified atom stereocenters. The Balaban J connectivity index is 2.19. The Morgan fingerprint density at radius 1 is 1.18 bits per heavy atom. The zero-order valence-electron chi connectivity index (χ0n) is 10.2. The summed E-state index contributed by atoms with van der Waals surface area (Å²) in [6.07, 6.45) is 0.732. The minimum Gasteiger partial charge on any atom is -0.396 e. The van der Waals surface area contributed by atoms with E-state index in [1.807, 2.05) is 4.90 Å². The highest BCUT2D eigenvalue weighted by molar-refractivity contribution is 7.99. The van der Waals surface area contributed by atoms with Gasteiger partial charge in [0.25, 0.3) is 0 Å². The van der Waals surface area contributed by atoms with Crippen molar-refractivity contribution in [1.29, 1.82) is 0 Å². The van der Waals surface area contributed by atoms with Gasteiger partial charge in [-0.15, -0.1) is 0 Å². The second-order valence-electron chi connectivity index (χ2n) is 4.02. The maximum absolute atomic E-state index is 11.8. The lowest BCUT2D eigenvalue weighted by molar-refractivity contribution is -0.136. The topological polar surface area (TPSA) is 60.9 Å². The summed E-state index contributed by atoms with van der Waals surface area (Å²) < 4.78 is 0. The number of thioether (sulfide) groups is 1. The smallest absolute Gasteiger partial charge is 0.232 e. The van der Waals surface area contributed by atoms with Gasteiger partial charge in [0.1, 0.15) is 0 Å². The first-order chi connectivity index (χ1) is 8.15. The Hall–Kier alpha value is -0.750. The van der Waals surface area contributed by atoms with Crippen LogP contribution in [0.5, 0.6) is 0 Å². The number of hydrogen-bond acceptors (Lipinski definition) is 4. The van der Waals surface area contributed by atoms with Crippen molar-refractivity contribution in [2.45, 2.75) is 13.3 Å². The number of rotatable bonds is 5. The molecule has 1 aliphatic heterocycles. The number of aliphatic hydroxyl groups is 1. The summed E-state index contributed by atoms with van der Waals surface area (Å²) >= 11 is 1.55. The monoisotopic (exact) mass is 260 g/mol. The van der Waals surface area contributed by atoms with Crippen LogP contribution in [-0.2, 0) is 9.59 Å². The molecule has 0 aromatic carbocycles. The molecule has 1 fully saturated rings. The van der Waals surface area contributed by atoms with Crippen LogP contribution in [0.2, 0.25) is 0 Å². The van der Waals surface area contributed by atoms with Crippen LogP contribution in [0, 0.1) is 0 Å². The number of piperazine rings is 1. The number of hydrogen-bond donors (Lipinski definition) is 1. The van der Waals surface area contributed by atoms with E-state index >= 15 is 0 Å². The largest absolute Gasteiger partial charge is 0.396 e. The van der Waals surface area contributed by atoms with Gasteiger partial charge in [-0.1, -0.05) is 0 Å². The Kier molecular flexibility index (Phi) is 6.36. The molecule has 1 saturated heterocycles. The predicted molar refractivity (Wildman–Crippen MR) is 67.9 cm³/mol. The van der Waals surface area contributed by atoms with Gasteiger partial charge in [-0.2, -0.15) is 11.8 Å². The van der Waals surface area contributed by atoms with Gasteiger partial charge in [0.2, 0.25) is 11.8 Å². The van der Waals surface area contributed by atoms with Crippen molar-refractivity contribution < 1.29 is 14.7 Å². The van der Waals surface area contributed by atoms with E-state index in [4.69, 9.17) is 5.11 Å². The fourth-order valence-electron chi connectivity index (χ4n) is 1.69. The van der Waals surface area contributed by atoms with Crippen LogP contribution in [-0.4, -0.2) is 71.0 Å². The summed E-state index contributed by atoms with van der Waals surface area (Å²) in [5.74, 6) is 1.50. The maximum atomic E-state index is 11.8. The van der Waals surface area contributed by atoms with Crippen molar-refractivity contribution in [3.05, 3.63) is 0 Å². The number of amides is 2. The van der Waals surface area contributed by atoms with Crippen LogP contribution in [0.4, 0.5) is 0 Å². The first kappa shape index (κ1) is 14.3. The third-order valence-corrected chi connectivity index (χ3v) is 3.78. The average molecular weight is 260 g/mol. The summed E-state index contributed by atoms with van der Waals surface area (Å²) in [5.41, 5.74) is 0. The normalized spacial score (nSPS) is 16.1. The van der Waals surface area contributed by atoms with Gasteiger partial charge < -0.3 is 14.9 Å². The molecule has 1 N–H and O–H groups in total. The number of nitrogens with zero attached hydrogens (tertiary/aromatic N) is 2. The van der Waals surface area contributed by atoms with E-state index in [2.05, 4.69) is 0 Å². The van der Waals surface area contributed by atoms with Crippen LogP contribution in [0.25, 0.3) is 0 Å². The molecular weight excluding hydrogens is 240 g/mol. The van der Waals surface area contributed by atoms with Crippen molar-refractivity contribution in [2.75, 3.05) is 44.3 Å². The third kappa shape index (κ3) is 4.95. The van der Waals surface area contributed by atoms with E-state index < -0.39 is 0 Å². The van der Waals surface area contributed by atoms with Crippen molar-refractivity contribution in [3.8, 4) is 0 Å². The maximum Gasteiger partial charge on any atom is 0.232 e. The average Bonchev–Trinajstić information content (AvgIpc) is 2.34. The Morgan fingerprint density at radius 2 is 1.76 bits per heavy atom. The van der Waals surface area contributed by atoms with Gasteiger partial charge in [-0.3, -0.25) is 9.59 Å². The first-order valence-electron chi connectivity index (χ1n) is 5.87. The molecule has 5 nitrogen and oxygen atoms in total. The van der Waals surface area contributed by atoms with Gasteiger partial charge >= 0.3 is 0 Å². The molecule has 0 spiro atoms. The SMILES string of the molecule is CC(=O)N1CCN(C(=O)CSCCCO)CC1. The van der Waals surface area contributed by atoms with Crippen LogP contribution >= 0.6 is 11.8 Å². The fourth-order valence-corrected chi connectivity index (χ4v) is 2.52.